The summed E-state index contributed by atoms with van der Waals surface area (Å²) in [5.41, 5.74) is 0. The first-order valence-electron chi connectivity index (χ1n) is 5.41. The van der Waals surface area contributed by atoms with Crippen LogP contribution in [0.25, 0.3) is 0 Å². The van der Waals surface area contributed by atoms with Crippen molar-refractivity contribution in [2.75, 3.05) is 0 Å². The monoisotopic (exact) mass is 325 g/mol. The van der Waals surface area contributed by atoms with Gasteiger partial charge in [0.1, 0.15) is 0 Å². The Labute approximate surface area is 121 Å². The Morgan fingerprint density at radius 2 is 2.00 bits per heavy atom. The summed E-state index contributed by atoms with van der Waals surface area (Å²) < 4.78 is 26.4. The van der Waals surface area contributed by atoms with Crippen LogP contribution >= 0.6 is 23.2 Å². The minimum Gasteiger partial charge on any atom is -0.481 e. The molecule has 1 rings (SSSR count). The van der Waals surface area contributed by atoms with E-state index in [2.05, 4.69) is 4.72 Å². The predicted octanol–water partition coefficient (Wildman–Crippen LogP) is 2.53. The number of carbonyl (C=O) groups is 1. The van der Waals surface area contributed by atoms with Crippen LogP contribution in [0.2, 0.25) is 10.0 Å². The van der Waals surface area contributed by atoms with E-state index in [9.17, 15) is 13.2 Å². The topological polar surface area (TPSA) is 83.5 Å². The number of rotatable bonds is 6. The van der Waals surface area contributed by atoms with Gasteiger partial charge in [0.25, 0.3) is 0 Å². The molecule has 1 atom stereocenters. The van der Waals surface area contributed by atoms with Gasteiger partial charge in [0, 0.05) is 12.5 Å². The van der Waals surface area contributed by atoms with Crippen LogP contribution in [-0.2, 0) is 14.8 Å². The van der Waals surface area contributed by atoms with E-state index in [1.54, 1.807) is 6.92 Å². The number of halogens is 2. The van der Waals surface area contributed by atoms with Crippen molar-refractivity contribution in [3.05, 3.63) is 28.2 Å². The zero-order chi connectivity index (χ0) is 14.6. The number of benzene rings is 1. The van der Waals surface area contributed by atoms with Gasteiger partial charge in [-0.3, -0.25) is 4.79 Å². The molecule has 0 spiro atoms. The first kappa shape index (κ1) is 16.2. The normalized spacial score (nSPS) is 13.2. The van der Waals surface area contributed by atoms with Crippen molar-refractivity contribution in [2.24, 2.45) is 0 Å². The summed E-state index contributed by atoms with van der Waals surface area (Å²) in [5.74, 6) is -0.972. The summed E-state index contributed by atoms with van der Waals surface area (Å²) in [6, 6.07) is 3.48. The average molecular weight is 326 g/mol. The van der Waals surface area contributed by atoms with Gasteiger partial charge in [0.15, 0.2) is 0 Å². The third-order valence-electron chi connectivity index (χ3n) is 2.35. The molecular weight excluding hydrogens is 313 g/mol. The van der Waals surface area contributed by atoms with Crippen LogP contribution in [0.15, 0.2) is 23.1 Å². The number of hydrogen-bond acceptors (Lipinski definition) is 3. The zero-order valence-electron chi connectivity index (χ0n) is 10.1. The fraction of sp³-hybridized carbons (Fsp3) is 0.364. The van der Waals surface area contributed by atoms with Crippen molar-refractivity contribution in [3.63, 3.8) is 0 Å². The fourth-order valence-corrected chi connectivity index (χ4v) is 3.04. The highest BCUT2D eigenvalue weighted by Gasteiger charge is 2.18. The third kappa shape index (κ3) is 4.99. The Morgan fingerprint density at radius 3 is 2.53 bits per heavy atom. The van der Waals surface area contributed by atoms with Gasteiger partial charge in [-0.15, -0.1) is 0 Å². The number of hydrogen-bond donors (Lipinski definition) is 2. The van der Waals surface area contributed by atoms with Crippen LogP contribution in [0.5, 0.6) is 0 Å². The van der Waals surface area contributed by atoms with Crippen molar-refractivity contribution in [2.45, 2.75) is 30.7 Å². The van der Waals surface area contributed by atoms with E-state index >= 15 is 0 Å². The molecule has 0 saturated carbocycles. The Morgan fingerprint density at radius 1 is 1.37 bits per heavy atom. The molecule has 0 heterocycles. The predicted molar refractivity (Wildman–Crippen MR) is 73.1 cm³/mol. The Bertz CT molecular complexity index is 574. The van der Waals surface area contributed by atoms with Crippen LogP contribution in [0.1, 0.15) is 19.8 Å². The van der Waals surface area contributed by atoms with Gasteiger partial charge in [-0.25, -0.2) is 13.1 Å². The minimum atomic E-state index is -3.73. The van der Waals surface area contributed by atoms with E-state index < -0.39 is 22.0 Å². The van der Waals surface area contributed by atoms with E-state index in [0.717, 1.165) is 0 Å². The lowest BCUT2D eigenvalue weighted by molar-refractivity contribution is -0.137. The van der Waals surface area contributed by atoms with Crippen molar-refractivity contribution in [3.8, 4) is 0 Å². The second-order valence-electron chi connectivity index (χ2n) is 4.03. The highest BCUT2D eigenvalue weighted by atomic mass is 35.5. The number of carboxylic acid groups (broad SMARTS) is 1. The Balaban J connectivity index is 2.80. The van der Waals surface area contributed by atoms with Crippen LogP contribution in [0.3, 0.4) is 0 Å². The first-order valence-corrected chi connectivity index (χ1v) is 7.65. The fourth-order valence-electron chi connectivity index (χ4n) is 1.38. The van der Waals surface area contributed by atoms with Crippen molar-refractivity contribution in [1.82, 2.24) is 4.72 Å². The lowest BCUT2D eigenvalue weighted by Gasteiger charge is -2.13. The van der Waals surface area contributed by atoms with Gasteiger partial charge in [-0.05, 0) is 31.5 Å². The van der Waals surface area contributed by atoms with E-state index in [1.807, 2.05) is 0 Å². The van der Waals surface area contributed by atoms with Gasteiger partial charge in [0.05, 0.1) is 14.9 Å². The molecule has 0 aliphatic heterocycles. The van der Waals surface area contributed by atoms with Crippen LogP contribution < -0.4 is 4.72 Å². The standard InChI is InChI=1S/C11H13Cl2NO4S/c1-7(2-5-11(15)16)14-19(17,18)8-3-4-9(12)10(13)6-8/h3-4,6-7,14H,2,5H2,1H3,(H,15,16). The second kappa shape index (κ2) is 6.56. The Hall–Kier alpha value is -0.820. The van der Waals surface area contributed by atoms with Crippen LogP contribution in [0.4, 0.5) is 0 Å². The number of nitrogens with one attached hydrogen (secondary N) is 1. The molecule has 1 aromatic carbocycles. The van der Waals surface area contributed by atoms with Gasteiger partial charge in [-0.1, -0.05) is 23.2 Å². The second-order valence-corrected chi connectivity index (χ2v) is 6.56. The molecule has 0 aromatic heterocycles. The van der Waals surface area contributed by atoms with E-state index in [0.29, 0.717) is 0 Å². The highest BCUT2D eigenvalue weighted by Crippen LogP contribution is 2.24. The van der Waals surface area contributed by atoms with Crippen molar-refractivity contribution in [1.29, 1.82) is 0 Å². The highest BCUT2D eigenvalue weighted by molar-refractivity contribution is 7.89. The molecule has 0 radical (unpaired) electrons. The van der Waals surface area contributed by atoms with Gasteiger partial charge in [-0.2, -0.15) is 0 Å². The molecule has 1 aromatic rings. The molecule has 19 heavy (non-hydrogen) atoms. The molecule has 8 heteroatoms. The van der Waals surface area contributed by atoms with Gasteiger partial charge >= 0.3 is 5.97 Å². The third-order valence-corrected chi connectivity index (χ3v) is 4.68. The largest absolute Gasteiger partial charge is 0.481 e. The lowest BCUT2D eigenvalue weighted by Crippen LogP contribution is -2.33. The molecule has 0 fully saturated rings. The number of aliphatic carboxylic acids is 1. The first-order chi connectivity index (χ1) is 8.72. The summed E-state index contributed by atoms with van der Waals surface area (Å²) in [6.45, 7) is 1.60. The summed E-state index contributed by atoms with van der Waals surface area (Å²) in [5, 5.41) is 8.94. The summed E-state index contributed by atoms with van der Waals surface area (Å²) >= 11 is 11.5. The van der Waals surface area contributed by atoms with E-state index in [-0.39, 0.29) is 27.8 Å². The molecule has 1 unspecified atom stereocenters. The molecule has 2 N–H and O–H groups in total. The maximum absolute atomic E-state index is 12.0. The molecule has 5 nitrogen and oxygen atoms in total. The van der Waals surface area contributed by atoms with Crippen LogP contribution in [-0.4, -0.2) is 25.5 Å². The molecular formula is C11H13Cl2NO4S. The minimum absolute atomic E-state index is 0.0101. The maximum Gasteiger partial charge on any atom is 0.303 e. The molecule has 0 amide bonds. The average Bonchev–Trinajstić information content (AvgIpc) is 2.29. The lowest BCUT2D eigenvalue weighted by atomic mass is 10.2. The van der Waals surface area contributed by atoms with E-state index in [1.165, 1.54) is 18.2 Å². The summed E-state index contributed by atoms with van der Waals surface area (Å²) in [4.78, 5) is 10.4. The smallest absolute Gasteiger partial charge is 0.303 e. The quantitative estimate of drug-likeness (QED) is 0.841. The summed E-state index contributed by atoms with van der Waals surface area (Å²) in [6.07, 6.45) is 0.0982. The Kier molecular flexibility index (Phi) is 5.61. The molecule has 0 saturated heterocycles. The van der Waals surface area contributed by atoms with Gasteiger partial charge < -0.3 is 5.11 Å². The zero-order valence-corrected chi connectivity index (χ0v) is 12.4. The van der Waals surface area contributed by atoms with Crippen molar-refractivity contribution >= 4 is 39.2 Å². The summed E-state index contributed by atoms with van der Waals surface area (Å²) in [7, 11) is -3.73. The number of sulfonamides is 1. The van der Waals surface area contributed by atoms with Crippen LogP contribution in [0, 0.1) is 0 Å². The number of carboxylic acids is 1. The van der Waals surface area contributed by atoms with E-state index in [4.69, 9.17) is 28.3 Å². The molecule has 0 aliphatic rings. The SMILES string of the molecule is CC(CCC(=O)O)NS(=O)(=O)c1ccc(Cl)c(Cl)c1. The molecule has 0 bridgehead atoms. The van der Waals surface area contributed by atoms with Crippen molar-refractivity contribution < 1.29 is 18.3 Å². The maximum atomic E-state index is 12.0. The molecule has 0 aliphatic carbocycles. The molecule has 106 valence electrons. The van der Waals surface area contributed by atoms with Gasteiger partial charge in [0.2, 0.25) is 10.0 Å².